The van der Waals surface area contributed by atoms with Gasteiger partial charge in [0.15, 0.2) is 0 Å². The van der Waals surface area contributed by atoms with E-state index in [0.29, 0.717) is 17.3 Å². The van der Waals surface area contributed by atoms with Crippen molar-refractivity contribution in [2.75, 3.05) is 4.90 Å². The van der Waals surface area contributed by atoms with Crippen molar-refractivity contribution in [3.63, 3.8) is 0 Å². The minimum Gasteiger partial charge on any atom is -0.489 e. The summed E-state index contributed by atoms with van der Waals surface area (Å²) < 4.78 is 6.03. The first kappa shape index (κ1) is 25.4. The number of nitrogens with one attached hydrogen (secondary N) is 1. The molecule has 2 bridgehead atoms. The summed E-state index contributed by atoms with van der Waals surface area (Å²) >= 11 is 9.05. The van der Waals surface area contributed by atoms with Crippen molar-refractivity contribution in [1.82, 2.24) is 4.98 Å². The molecule has 6 nitrogen and oxygen atoms in total. The van der Waals surface area contributed by atoms with Gasteiger partial charge in [-0.25, -0.2) is 0 Å². The van der Waals surface area contributed by atoms with Gasteiger partial charge < -0.3 is 9.72 Å². The minimum absolute atomic E-state index is 0.0215. The molecule has 7 atom stereocenters. The number of anilines is 1. The van der Waals surface area contributed by atoms with Crippen LogP contribution in [0.1, 0.15) is 28.3 Å². The maximum Gasteiger partial charge on any atom is 0.305 e. The van der Waals surface area contributed by atoms with Gasteiger partial charge in [0.2, 0.25) is 11.8 Å². The summed E-state index contributed by atoms with van der Waals surface area (Å²) in [6, 6.07) is 25.1. The number of fused-ring (bicyclic) bond motifs is 9. The fraction of sp³-hybridized carbons (Fsp3) is 0.281. The molecule has 0 spiro atoms. The number of thiazole rings is 1. The fourth-order valence-electron chi connectivity index (χ4n) is 7.75. The summed E-state index contributed by atoms with van der Waals surface area (Å²) in [7, 11) is 0. The Morgan fingerprint density at radius 3 is 2.32 bits per heavy atom. The van der Waals surface area contributed by atoms with Crippen LogP contribution < -0.4 is 14.5 Å². The van der Waals surface area contributed by atoms with E-state index in [-0.39, 0.29) is 57.4 Å². The van der Waals surface area contributed by atoms with Crippen molar-refractivity contribution >= 4 is 52.2 Å². The SMILES string of the molecule is O=C1[C@H]2[C@H]3C[C@@H]([C@@H]2C(=O)N1c1ccc(Cl)cc1)[C@H]1[C@H](c2ccc(OCc4ccccc4)cc2)c2sc(=O)[nH]c2S[C@H]31. The summed E-state index contributed by atoms with van der Waals surface area (Å²) in [6.07, 6.45) is 0.859. The lowest BCUT2D eigenvalue weighted by atomic mass is 9.68. The van der Waals surface area contributed by atoms with Crippen LogP contribution in [0.4, 0.5) is 5.69 Å². The van der Waals surface area contributed by atoms with Crippen LogP contribution in [-0.2, 0) is 16.2 Å². The minimum atomic E-state index is -0.335. The number of hydrogen-bond acceptors (Lipinski definition) is 6. The third-order valence-corrected chi connectivity index (χ3v) is 12.1. The monoisotopic (exact) mass is 600 g/mol. The third kappa shape index (κ3) is 3.95. The maximum absolute atomic E-state index is 13.9. The zero-order valence-electron chi connectivity index (χ0n) is 21.7. The standard InChI is InChI=1S/C32H25ClN2O4S2/c33-18-8-10-19(11-9-18)35-30(36)25-21-14-22(26(25)31(35)37)27-24(21)23(28-29(40-27)34-32(38)41-28)17-6-12-20(13-7-17)39-15-16-4-2-1-3-5-16/h1-13,21-27H,14-15H2,(H,34,38)/t21-,22-,23+,24+,25+,26+,27-/m1/s1. The number of rotatable bonds is 5. The lowest BCUT2D eigenvalue weighted by Crippen LogP contribution is -2.42. The summed E-state index contributed by atoms with van der Waals surface area (Å²) in [5.74, 6) is 0.211. The van der Waals surface area contributed by atoms with Gasteiger partial charge >= 0.3 is 4.87 Å². The lowest BCUT2D eigenvalue weighted by Gasteiger charge is -2.43. The molecule has 1 saturated heterocycles. The highest BCUT2D eigenvalue weighted by Crippen LogP contribution is 2.68. The number of benzene rings is 3. The first-order valence-electron chi connectivity index (χ1n) is 13.8. The number of nitrogens with zero attached hydrogens (tertiary/aromatic N) is 1. The Kier molecular flexibility index (Phi) is 5.95. The number of thioether (sulfide) groups is 1. The summed E-state index contributed by atoms with van der Waals surface area (Å²) in [5, 5.41) is 1.63. The van der Waals surface area contributed by atoms with E-state index < -0.39 is 0 Å². The highest BCUT2D eigenvalue weighted by molar-refractivity contribution is 8.00. The van der Waals surface area contributed by atoms with Crippen LogP contribution in [0.3, 0.4) is 0 Å². The number of carbonyl (C=O) groups excluding carboxylic acids is 2. The van der Waals surface area contributed by atoms with E-state index in [1.54, 1.807) is 36.0 Å². The first-order chi connectivity index (χ1) is 20.0. The number of H-pyrrole nitrogens is 1. The normalized spacial score (nSPS) is 29.4. The van der Waals surface area contributed by atoms with E-state index in [9.17, 15) is 14.4 Å². The van der Waals surface area contributed by atoms with E-state index in [4.69, 9.17) is 16.3 Å². The Balaban J connectivity index is 1.13. The molecule has 2 saturated carbocycles. The largest absolute Gasteiger partial charge is 0.489 e. The number of amides is 2. The van der Waals surface area contributed by atoms with Crippen LogP contribution in [0.2, 0.25) is 5.02 Å². The molecule has 0 unspecified atom stereocenters. The highest BCUT2D eigenvalue weighted by atomic mass is 35.5. The second kappa shape index (κ2) is 9.61. The van der Waals surface area contributed by atoms with Crippen molar-refractivity contribution in [3.05, 3.63) is 110 Å². The van der Waals surface area contributed by atoms with Crippen LogP contribution >= 0.6 is 34.7 Å². The second-order valence-corrected chi connectivity index (χ2v) is 13.9. The quantitative estimate of drug-likeness (QED) is 0.270. The van der Waals surface area contributed by atoms with Crippen molar-refractivity contribution < 1.29 is 14.3 Å². The molecule has 3 fully saturated rings. The number of aromatic nitrogens is 1. The molecule has 1 aromatic heterocycles. The molecular formula is C32H25ClN2O4S2. The van der Waals surface area contributed by atoms with Crippen LogP contribution in [-0.4, -0.2) is 22.0 Å². The molecule has 3 heterocycles. The van der Waals surface area contributed by atoms with Gasteiger partial charge in [-0.15, -0.1) is 11.8 Å². The molecule has 4 aromatic rings. The van der Waals surface area contributed by atoms with E-state index in [1.807, 2.05) is 42.5 Å². The van der Waals surface area contributed by atoms with Crippen molar-refractivity contribution in [2.24, 2.45) is 29.6 Å². The summed E-state index contributed by atoms with van der Waals surface area (Å²) in [4.78, 5) is 45.6. The molecule has 4 aliphatic rings. The number of hydrogen-bond donors (Lipinski definition) is 1. The van der Waals surface area contributed by atoms with Crippen molar-refractivity contribution in [1.29, 1.82) is 0 Å². The van der Waals surface area contributed by atoms with Crippen LogP contribution in [0.25, 0.3) is 0 Å². The molecule has 206 valence electrons. The summed E-state index contributed by atoms with van der Waals surface area (Å²) in [5.41, 5.74) is 2.80. The number of ether oxygens (including phenoxy) is 1. The second-order valence-electron chi connectivity index (χ2n) is 11.3. The Labute approximate surface area is 249 Å². The van der Waals surface area contributed by atoms with Crippen LogP contribution in [0, 0.1) is 29.6 Å². The van der Waals surface area contributed by atoms with E-state index in [1.165, 1.54) is 16.2 Å². The van der Waals surface area contributed by atoms with Crippen LogP contribution in [0.5, 0.6) is 5.75 Å². The average Bonchev–Trinajstić information content (AvgIpc) is 3.72. The predicted molar refractivity (Wildman–Crippen MR) is 160 cm³/mol. The number of halogens is 1. The molecule has 1 N–H and O–H groups in total. The fourth-order valence-corrected chi connectivity index (χ4v) is 10.8. The van der Waals surface area contributed by atoms with Crippen molar-refractivity contribution in [3.8, 4) is 5.75 Å². The van der Waals surface area contributed by atoms with Gasteiger partial charge in [-0.05, 0) is 71.7 Å². The molecule has 0 radical (unpaired) electrons. The molecule has 41 heavy (non-hydrogen) atoms. The van der Waals surface area contributed by atoms with Gasteiger partial charge in [0.05, 0.1) is 22.5 Å². The molecular weight excluding hydrogens is 576 g/mol. The molecule has 8 rings (SSSR count). The first-order valence-corrected chi connectivity index (χ1v) is 15.8. The van der Waals surface area contributed by atoms with E-state index >= 15 is 0 Å². The topological polar surface area (TPSA) is 79.5 Å². The number of imide groups is 1. The highest BCUT2D eigenvalue weighted by Gasteiger charge is 2.69. The Morgan fingerprint density at radius 1 is 0.878 bits per heavy atom. The zero-order chi connectivity index (χ0) is 27.8. The number of aromatic amines is 1. The smallest absolute Gasteiger partial charge is 0.305 e. The maximum atomic E-state index is 13.9. The van der Waals surface area contributed by atoms with Gasteiger partial charge in [-0.1, -0.05) is 65.4 Å². The van der Waals surface area contributed by atoms with Crippen molar-refractivity contribution in [2.45, 2.75) is 29.2 Å². The van der Waals surface area contributed by atoms with Gasteiger partial charge in [0.25, 0.3) is 0 Å². The Bertz CT molecular complexity index is 1720. The molecule has 2 amide bonds. The Morgan fingerprint density at radius 2 is 1.59 bits per heavy atom. The Hall–Kier alpha value is -3.33. The van der Waals surface area contributed by atoms with Gasteiger partial charge in [0.1, 0.15) is 12.4 Å². The molecule has 3 aromatic carbocycles. The molecule has 9 heteroatoms. The third-order valence-electron chi connectivity index (χ3n) is 9.30. The zero-order valence-corrected chi connectivity index (χ0v) is 24.1. The van der Waals surface area contributed by atoms with Gasteiger partial charge in [0, 0.05) is 21.1 Å². The van der Waals surface area contributed by atoms with Gasteiger partial charge in [-0.3, -0.25) is 19.3 Å². The number of carbonyl (C=O) groups is 2. The van der Waals surface area contributed by atoms with E-state index in [2.05, 4.69) is 17.1 Å². The summed E-state index contributed by atoms with van der Waals surface area (Å²) in [6.45, 7) is 0.488. The predicted octanol–water partition coefficient (Wildman–Crippen LogP) is 6.35. The average molecular weight is 601 g/mol. The lowest BCUT2D eigenvalue weighted by molar-refractivity contribution is -0.123. The van der Waals surface area contributed by atoms with E-state index in [0.717, 1.165) is 33.2 Å². The van der Waals surface area contributed by atoms with Crippen LogP contribution in [0.15, 0.2) is 88.7 Å². The molecule has 2 aliphatic heterocycles. The van der Waals surface area contributed by atoms with Gasteiger partial charge in [-0.2, -0.15) is 0 Å². The molecule has 2 aliphatic carbocycles.